The molecule has 1 aromatic carbocycles. The molecule has 2 amide bonds. The van der Waals surface area contributed by atoms with Gasteiger partial charge >= 0.3 is 5.97 Å². The Labute approximate surface area is 140 Å². The van der Waals surface area contributed by atoms with Crippen molar-refractivity contribution in [1.29, 1.82) is 0 Å². The molecular weight excluding hydrogens is 315 g/mol. The van der Waals surface area contributed by atoms with Crippen molar-refractivity contribution in [2.24, 2.45) is 5.41 Å². The molecule has 24 heavy (non-hydrogen) atoms. The second-order valence-electron chi connectivity index (χ2n) is 6.74. The lowest BCUT2D eigenvalue weighted by atomic mass is 9.91. The zero-order valence-corrected chi connectivity index (χ0v) is 14.3. The molecule has 0 heterocycles. The molecule has 1 unspecified atom stereocenters. The second kappa shape index (κ2) is 7.42. The molecule has 0 fully saturated rings. The number of carbonyl (C=O) groups is 3. The van der Waals surface area contributed by atoms with Gasteiger partial charge in [-0.15, -0.1) is 0 Å². The Morgan fingerprint density at radius 3 is 2.08 bits per heavy atom. The first kappa shape index (κ1) is 19.6. The Balaban J connectivity index is 2.72. The molecular formula is C17H23FN2O4. The van der Waals surface area contributed by atoms with Gasteiger partial charge in [0.1, 0.15) is 5.82 Å². The maximum absolute atomic E-state index is 13.0. The van der Waals surface area contributed by atoms with Crippen LogP contribution in [0.4, 0.5) is 4.39 Å². The number of carboxylic acid groups (broad SMARTS) is 1. The van der Waals surface area contributed by atoms with Crippen molar-refractivity contribution in [2.75, 3.05) is 6.54 Å². The van der Waals surface area contributed by atoms with E-state index in [9.17, 15) is 23.9 Å². The van der Waals surface area contributed by atoms with Gasteiger partial charge in [-0.25, -0.2) is 9.18 Å². The minimum atomic E-state index is -1.68. The van der Waals surface area contributed by atoms with E-state index in [1.165, 1.54) is 19.1 Å². The van der Waals surface area contributed by atoms with Crippen molar-refractivity contribution in [1.82, 2.24) is 10.6 Å². The summed E-state index contributed by atoms with van der Waals surface area (Å²) >= 11 is 0. The summed E-state index contributed by atoms with van der Waals surface area (Å²) in [4.78, 5) is 35.3. The van der Waals surface area contributed by atoms with Gasteiger partial charge in [0.2, 0.25) is 11.8 Å². The van der Waals surface area contributed by atoms with Gasteiger partial charge in [0.05, 0.1) is 0 Å². The van der Waals surface area contributed by atoms with Crippen molar-refractivity contribution in [2.45, 2.75) is 39.7 Å². The van der Waals surface area contributed by atoms with Crippen LogP contribution in [0.25, 0.3) is 0 Å². The van der Waals surface area contributed by atoms with Crippen LogP contribution in [-0.2, 0) is 19.9 Å². The molecule has 1 rings (SSSR count). The lowest BCUT2D eigenvalue weighted by Crippen LogP contribution is -2.50. The number of amides is 2. The number of carbonyl (C=O) groups excluding carboxylic acids is 2. The highest BCUT2D eigenvalue weighted by molar-refractivity contribution is 5.88. The average molecular weight is 338 g/mol. The van der Waals surface area contributed by atoms with Gasteiger partial charge in [-0.2, -0.15) is 0 Å². The fourth-order valence-electron chi connectivity index (χ4n) is 1.93. The molecule has 1 atom stereocenters. The van der Waals surface area contributed by atoms with E-state index >= 15 is 0 Å². The largest absolute Gasteiger partial charge is 0.479 e. The van der Waals surface area contributed by atoms with E-state index in [1.807, 2.05) is 0 Å². The van der Waals surface area contributed by atoms with E-state index in [-0.39, 0.29) is 24.4 Å². The third-order valence-corrected chi connectivity index (χ3v) is 3.56. The maximum atomic E-state index is 13.0. The lowest BCUT2D eigenvalue weighted by molar-refractivity contribution is -0.147. The standard InChI is InChI=1S/C17H23FN2O4/c1-16(2,3)14(22)19-10-9-13(21)20-17(4,15(23)24)11-5-7-12(18)8-6-11/h5-8H,9-10H2,1-4H3,(H,19,22)(H,20,21)(H,23,24). The van der Waals surface area contributed by atoms with E-state index in [2.05, 4.69) is 10.6 Å². The van der Waals surface area contributed by atoms with E-state index in [1.54, 1.807) is 20.8 Å². The molecule has 0 aliphatic carbocycles. The van der Waals surface area contributed by atoms with Gasteiger partial charge in [-0.3, -0.25) is 9.59 Å². The summed E-state index contributed by atoms with van der Waals surface area (Å²) < 4.78 is 13.0. The molecule has 0 radical (unpaired) electrons. The fourth-order valence-corrected chi connectivity index (χ4v) is 1.93. The van der Waals surface area contributed by atoms with Crippen LogP contribution in [0.5, 0.6) is 0 Å². The minimum Gasteiger partial charge on any atom is -0.479 e. The average Bonchev–Trinajstić information content (AvgIpc) is 2.46. The zero-order chi connectivity index (χ0) is 18.5. The van der Waals surface area contributed by atoms with Crippen LogP contribution in [0.3, 0.4) is 0 Å². The Morgan fingerprint density at radius 2 is 1.62 bits per heavy atom. The van der Waals surface area contributed by atoms with Crippen LogP contribution in [0, 0.1) is 11.2 Å². The van der Waals surface area contributed by atoms with Gasteiger partial charge < -0.3 is 15.7 Å². The number of aliphatic carboxylic acids is 1. The Kier molecular flexibility index (Phi) is 6.06. The number of benzene rings is 1. The van der Waals surface area contributed by atoms with Crippen molar-refractivity contribution in [3.8, 4) is 0 Å². The number of nitrogens with one attached hydrogen (secondary N) is 2. The molecule has 1 aromatic rings. The summed E-state index contributed by atoms with van der Waals surface area (Å²) in [5, 5.41) is 14.5. The topological polar surface area (TPSA) is 95.5 Å². The molecule has 3 N–H and O–H groups in total. The highest BCUT2D eigenvalue weighted by atomic mass is 19.1. The number of halogens is 1. The highest BCUT2D eigenvalue weighted by Gasteiger charge is 2.36. The van der Waals surface area contributed by atoms with E-state index < -0.39 is 28.6 Å². The van der Waals surface area contributed by atoms with Crippen molar-refractivity contribution >= 4 is 17.8 Å². The Morgan fingerprint density at radius 1 is 1.08 bits per heavy atom. The summed E-state index contributed by atoms with van der Waals surface area (Å²) in [7, 11) is 0. The monoisotopic (exact) mass is 338 g/mol. The van der Waals surface area contributed by atoms with E-state index in [4.69, 9.17) is 0 Å². The van der Waals surface area contributed by atoms with Crippen molar-refractivity contribution < 1.29 is 23.9 Å². The lowest BCUT2D eigenvalue weighted by Gasteiger charge is -2.27. The van der Waals surface area contributed by atoms with Gasteiger partial charge in [0.25, 0.3) is 0 Å². The number of hydrogen-bond donors (Lipinski definition) is 3. The SMILES string of the molecule is CC(C)(C)C(=O)NCCC(=O)NC(C)(C(=O)O)c1ccc(F)cc1. The van der Waals surface area contributed by atoms with Crippen LogP contribution in [0.15, 0.2) is 24.3 Å². The van der Waals surface area contributed by atoms with Crippen molar-refractivity contribution in [3.05, 3.63) is 35.6 Å². The molecule has 0 aliphatic rings. The van der Waals surface area contributed by atoms with Crippen LogP contribution < -0.4 is 10.6 Å². The van der Waals surface area contributed by atoms with Crippen molar-refractivity contribution in [3.63, 3.8) is 0 Å². The molecule has 0 aromatic heterocycles. The quantitative estimate of drug-likeness (QED) is 0.737. The Bertz CT molecular complexity index is 622. The first-order chi connectivity index (χ1) is 11.0. The second-order valence-corrected chi connectivity index (χ2v) is 6.74. The maximum Gasteiger partial charge on any atom is 0.333 e. The number of hydrogen-bond acceptors (Lipinski definition) is 3. The fraction of sp³-hybridized carbons (Fsp3) is 0.471. The van der Waals surface area contributed by atoms with Gasteiger partial charge in [0.15, 0.2) is 5.54 Å². The number of carboxylic acids is 1. The predicted molar refractivity (Wildman–Crippen MR) is 86.6 cm³/mol. The molecule has 0 saturated carbocycles. The summed E-state index contributed by atoms with van der Waals surface area (Å²) in [6.07, 6.45) is -0.0636. The summed E-state index contributed by atoms with van der Waals surface area (Å²) in [5.41, 5.74) is -2.00. The molecule has 7 heteroatoms. The highest BCUT2D eigenvalue weighted by Crippen LogP contribution is 2.21. The Hall–Kier alpha value is -2.44. The summed E-state index contributed by atoms with van der Waals surface area (Å²) in [5.74, 6) is -2.49. The van der Waals surface area contributed by atoms with Crippen LogP contribution in [-0.4, -0.2) is 29.4 Å². The molecule has 6 nitrogen and oxygen atoms in total. The van der Waals surface area contributed by atoms with Crippen LogP contribution in [0.2, 0.25) is 0 Å². The summed E-state index contributed by atoms with van der Waals surface area (Å²) in [6.45, 7) is 6.67. The first-order valence-electron chi connectivity index (χ1n) is 7.55. The third-order valence-electron chi connectivity index (χ3n) is 3.56. The molecule has 0 bridgehead atoms. The van der Waals surface area contributed by atoms with E-state index in [0.29, 0.717) is 0 Å². The van der Waals surface area contributed by atoms with Crippen LogP contribution >= 0.6 is 0 Å². The minimum absolute atomic E-state index is 0.0636. The molecule has 0 spiro atoms. The molecule has 132 valence electrons. The van der Waals surface area contributed by atoms with Crippen LogP contribution in [0.1, 0.15) is 39.7 Å². The smallest absolute Gasteiger partial charge is 0.333 e. The van der Waals surface area contributed by atoms with Gasteiger partial charge in [-0.1, -0.05) is 32.9 Å². The van der Waals surface area contributed by atoms with E-state index in [0.717, 1.165) is 12.1 Å². The zero-order valence-electron chi connectivity index (χ0n) is 14.3. The number of rotatable bonds is 6. The van der Waals surface area contributed by atoms with Gasteiger partial charge in [-0.05, 0) is 24.6 Å². The third kappa shape index (κ3) is 5.04. The molecule has 0 aliphatic heterocycles. The first-order valence-corrected chi connectivity index (χ1v) is 7.55. The normalized spacial score (nSPS) is 13.7. The molecule has 0 saturated heterocycles. The summed E-state index contributed by atoms with van der Waals surface area (Å²) in [6, 6.07) is 4.88. The van der Waals surface area contributed by atoms with Gasteiger partial charge in [0, 0.05) is 18.4 Å². The predicted octanol–water partition coefficient (Wildman–Crippen LogP) is 1.79.